The van der Waals surface area contributed by atoms with Gasteiger partial charge < -0.3 is 10.6 Å². The number of benzene rings is 1. The molecule has 2 N–H and O–H groups in total. The number of hydrogen-bond donors (Lipinski definition) is 2. The topological polar surface area (TPSA) is 66.9 Å². The van der Waals surface area contributed by atoms with Crippen LogP contribution in [0.15, 0.2) is 30.5 Å². The van der Waals surface area contributed by atoms with E-state index in [1.165, 1.54) is 0 Å². The van der Waals surface area contributed by atoms with Gasteiger partial charge >= 0.3 is 0 Å². The van der Waals surface area contributed by atoms with Crippen LogP contribution in [0.3, 0.4) is 0 Å². The monoisotopic (exact) mass is 304 g/mol. The molecule has 21 heavy (non-hydrogen) atoms. The lowest BCUT2D eigenvalue weighted by Gasteiger charge is -2.11. The van der Waals surface area contributed by atoms with Gasteiger partial charge in [-0.15, -0.1) is 0 Å². The normalized spacial score (nSPS) is 10.5. The molecule has 0 fully saturated rings. The minimum Gasteiger partial charge on any atom is -0.385 e. The highest BCUT2D eigenvalue weighted by Crippen LogP contribution is 2.18. The second-order valence-electron chi connectivity index (χ2n) is 4.86. The fraction of sp³-hybridized carbons (Fsp3) is 0.267. The molecule has 1 aromatic carbocycles. The van der Waals surface area contributed by atoms with E-state index in [4.69, 9.17) is 11.6 Å². The van der Waals surface area contributed by atoms with E-state index in [0.29, 0.717) is 27.9 Å². The van der Waals surface area contributed by atoms with Gasteiger partial charge in [-0.2, -0.15) is 0 Å². The first-order valence-electron chi connectivity index (χ1n) is 6.63. The second-order valence-corrected chi connectivity index (χ2v) is 5.29. The number of carbonyl (C=O) groups is 1. The molecule has 1 heterocycles. The molecule has 2 rings (SSSR count). The molecule has 0 saturated heterocycles. The van der Waals surface area contributed by atoms with E-state index in [1.54, 1.807) is 37.5 Å². The molecule has 5 nitrogen and oxygen atoms in total. The highest BCUT2D eigenvalue weighted by molar-refractivity contribution is 6.30. The van der Waals surface area contributed by atoms with Gasteiger partial charge in [0.2, 0.25) is 0 Å². The predicted octanol–water partition coefficient (Wildman–Crippen LogP) is 3.55. The zero-order valence-electron chi connectivity index (χ0n) is 12.1. The summed E-state index contributed by atoms with van der Waals surface area (Å²) in [6.07, 6.45) is 1.62. The van der Waals surface area contributed by atoms with Gasteiger partial charge in [0.25, 0.3) is 5.91 Å². The van der Waals surface area contributed by atoms with Crippen molar-refractivity contribution >= 4 is 28.9 Å². The summed E-state index contributed by atoms with van der Waals surface area (Å²) >= 11 is 5.83. The van der Waals surface area contributed by atoms with Crippen LogP contribution in [0.5, 0.6) is 0 Å². The van der Waals surface area contributed by atoms with Gasteiger partial charge in [0, 0.05) is 23.7 Å². The minimum absolute atomic E-state index is 0.151. The summed E-state index contributed by atoms with van der Waals surface area (Å²) in [5.74, 6) is 0.499. The first kappa shape index (κ1) is 15.3. The minimum atomic E-state index is -0.286. The van der Waals surface area contributed by atoms with E-state index < -0.39 is 0 Å². The van der Waals surface area contributed by atoms with Gasteiger partial charge in [0.15, 0.2) is 5.69 Å². The van der Waals surface area contributed by atoms with Crippen LogP contribution in [-0.2, 0) is 0 Å². The Balaban J connectivity index is 2.28. The summed E-state index contributed by atoms with van der Waals surface area (Å²) in [4.78, 5) is 21.0. The first-order valence-corrected chi connectivity index (χ1v) is 7.00. The standard InChI is InChI=1S/C15H17ClN4O/c1-9(2)14-18-8-12(17-3)13(20-14)15(21)19-11-6-4-10(16)5-7-11/h4-9,17H,1-3H3,(H,19,21). The summed E-state index contributed by atoms with van der Waals surface area (Å²) in [5.41, 5.74) is 1.58. The van der Waals surface area contributed by atoms with Crippen molar-refractivity contribution in [3.8, 4) is 0 Å². The van der Waals surface area contributed by atoms with Crippen LogP contribution in [0, 0.1) is 0 Å². The molecular weight excluding hydrogens is 288 g/mol. The Labute approximate surface area is 128 Å². The molecule has 0 spiro atoms. The van der Waals surface area contributed by atoms with Crippen LogP contribution in [-0.4, -0.2) is 22.9 Å². The Bertz CT molecular complexity index is 641. The van der Waals surface area contributed by atoms with Gasteiger partial charge in [-0.1, -0.05) is 25.4 Å². The molecule has 110 valence electrons. The van der Waals surface area contributed by atoms with Gasteiger partial charge in [-0.05, 0) is 24.3 Å². The van der Waals surface area contributed by atoms with E-state index in [-0.39, 0.29) is 11.8 Å². The van der Waals surface area contributed by atoms with Crippen molar-refractivity contribution in [2.75, 3.05) is 17.7 Å². The lowest BCUT2D eigenvalue weighted by molar-refractivity contribution is 0.102. The molecule has 0 radical (unpaired) electrons. The number of anilines is 2. The Morgan fingerprint density at radius 2 is 1.90 bits per heavy atom. The maximum absolute atomic E-state index is 12.4. The molecule has 1 aromatic heterocycles. The van der Waals surface area contributed by atoms with Crippen molar-refractivity contribution in [2.45, 2.75) is 19.8 Å². The van der Waals surface area contributed by atoms with Gasteiger partial charge in [-0.3, -0.25) is 4.79 Å². The smallest absolute Gasteiger partial charge is 0.276 e. The summed E-state index contributed by atoms with van der Waals surface area (Å²) in [6, 6.07) is 6.92. The third kappa shape index (κ3) is 3.70. The van der Waals surface area contributed by atoms with Crippen LogP contribution in [0.4, 0.5) is 11.4 Å². The molecule has 6 heteroatoms. The molecule has 0 aliphatic heterocycles. The molecular formula is C15H17ClN4O. The van der Waals surface area contributed by atoms with Crippen LogP contribution < -0.4 is 10.6 Å². The Morgan fingerprint density at radius 1 is 1.24 bits per heavy atom. The summed E-state index contributed by atoms with van der Waals surface area (Å²) in [7, 11) is 1.73. The Hall–Kier alpha value is -2.14. The van der Waals surface area contributed by atoms with Crippen LogP contribution >= 0.6 is 11.6 Å². The van der Waals surface area contributed by atoms with Crippen LogP contribution in [0.1, 0.15) is 36.1 Å². The highest BCUT2D eigenvalue weighted by atomic mass is 35.5. The van der Waals surface area contributed by atoms with E-state index in [2.05, 4.69) is 20.6 Å². The summed E-state index contributed by atoms with van der Waals surface area (Å²) in [6.45, 7) is 3.96. The maximum atomic E-state index is 12.4. The number of aromatic nitrogens is 2. The van der Waals surface area contributed by atoms with Crippen molar-refractivity contribution in [1.29, 1.82) is 0 Å². The van der Waals surface area contributed by atoms with Gasteiger partial charge in [0.1, 0.15) is 5.82 Å². The molecule has 0 saturated carbocycles. The third-order valence-corrected chi connectivity index (χ3v) is 3.16. The summed E-state index contributed by atoms with van der Waals surface area (Å²) in [5, 5.41) is 6.35. The van der Waals surface area contributed by atoms with Crippen molar-refractivity contribution in [1.82, 2.24) is 9.97 Å². The number of rotatable bonds is 4. The molecule has 0 unspecified atom stereocenters. The number of carbonyl (C=O) groups excluding carboxylic acids is 1. The number of nitrogens with zero attached hydrogens (tertiary/aromatic N) is 2. The highest BCUT2D eigenvalue weighted by Gasteiger charge is 2.16. The molecule has 1 amide bonds. The van der Waals surface area contributed by atoms with Gasteiger partial charge in [0.05, 0.1) is 11.9 Å². The van der Waals surface area contributed by atoms with Crippen LogP contribution in [0.2, 0.25) is 5.02 Å². The average Bonchev–Trinajstić information content (AvgIpc) is 2.48. The molecule has 0 aliphatic rings. The predicted molar refractivity (Wildman–Crippen MR) is 85.1 cm³/mol. The Kier molecular flexibility index (Phi) is 4.75. The van der Waals surface area contributed by atoms with Gasteiger partial charge in [-0.25, -0.2) is 9.97 Å². The van der Waals surface area contributed by atoms with Crippen molar-refractivity contribution in [2.24, 2.45) is 0 Å². The van der Waals surface area contributed by atoms with Crippen LogP contribution in [0.25, 0.3) is 0 Å². The zero-order valence-corrected chi connectivity index (χ0v) is 12.9. The molecule has 0 bridgehead atoms. The molecule has 0 aliphatic carbocycles. The lowest BCUT2D eigenvalue weighted by atomic mass is 10.2. The number of nitrogens with one attached hydrogen (secondary N) is 2. The van der Waals surface area contributed by atoms with E-state index >= 15 is 0 Å². The fourth-order valence-corrected chi connectivity index (χ4v) is 1.88. The lowest BCUT2D eigenvalue weighted by Crippen LogP contribution is -2.17. The Morgan fingerprint density at radius 3 is 2.48 bits per heavy atom. The molecule has 2 aromatic rings. The number of hydrogen-bond acceptors (Lipinski definition) is 4. The quantitative estimate of drug-likeness (QED) is 0.906. The van der Waals surface area contributed by atoms with E-state index in [0.717, 1.165) is 0 Å². The average molecular weight is 305 g/mol. The first-order chi connectivity index (χ1) is 10.0. The number of halogens is 1. The van der Waals surface area contributed by atoms with E-state index in [1.807, 2.05) is 13.8 Å². The maximum Gasteiger partial charge on any atom is 0.276 e. The molecule has 0 atom stereocenters. The number of amides is 1. The summed E-state index contributed by atoms with van der Waals surface area (Å²) < 4.78 is 0. The largest absolute Gasteiger partial charge is 0.385 e. The van der Waals surface area contributed by atoms with Crippen molar-refractivity contribution in [3.63, 3.8) is 0 Å². The zero-order chi connectivity index (χ0) is 15.4. The van der Waals surface area contributed by atoms with E-state index in [9.17, 15) is 4.79 Å². The van der Waals surface area contributed by atoms with Crippen molar-refractivity contribution < 1.29 is 4.79 Å². The fourth-order valence-electron chi connectivity index (χ4n) is 1.75. The third-order valence-electron chi connectivity index (χ3n) is 2.91. The second kappa shape index (κ2) is 6.54. The van der Waals surface area contributed by atoms with Crippen molar-refractivity contribution in [3.05, 3.63) is 47.0 Å². The SMILES string of the molecule is CNc1cnc(C(C)C)nc1C(=O)Nc1ccc(Cl)cc1.